The van der Waals surface area contributed by atoms with Crippen molar-refractivity contribution in [1.82, 2.24) is 9.78 Å². The highest BCUT2D eigenvalue weighted by molar-refractivity contribution is 5.64. The van der Waals surface area contributed by atoms with Crippen molar-refractivity contribution < 1.29 is 4.74 Å². The average Bonchev–Trinajstić information content (AvgIpc) is 3.18. The lowest BCUT2D eigenvalue weighted by atomic mass is 10.1. The molecule has 0 spiro atoms. The predicted octanol–water partition coefficient (Wildman–Crippen LogP) is 5.47. The van der Waals surface area contributed by atoms with Crippen molar-refractivity contribution >= 4 is 5.69 Å². The van der Waals surface area contributed by atoms with E-state index in [1.54, 1.807) is 7.11 Å². The molecule has 0 saturated heterocycles. The molecule has 0 fully saturated rings. The molecule has 4 rings (SSSR count). The van der Waals surface area contributed by atoms with Gasteiger partial charge in [-0.25, -0.2) is 4.68 Å². The molecular weight excluding hydrogens is 346 g/mol. The van der Waals surface area contributed by atoms with Crippen LogP contribution in [0.1, 0.15) is 11.1 Å². The van der Waals surface area contributed by atoms with E-state index in [1.165, 1.54) is 5.56 Å². The zero-order valence-corrected chi connectivity index (χ0v) is 16.1. The minimum atomic E-state index is 0.683. The predicted molar refractivity (Wildman–Crippen MR) is 114 cm³/mol. The van der Waals surface area contributed by atoms with Gasteiger partial charge in [-0.3, -0.25) is 0 Å². The molecule has 0 bridgehead atoms. The molecule has 1 aromatic heterocycles. The molecule has 0 aliphatic heterocycles. The molecular formula is C24H23N3O. The largest absolute Gasteiger partial charge is 0.497 e. The van der Waals surface area contributed by atoms with E-state index in [0.717, 1.165) is 33.9 Å². The number of nitrogens with zero attached hydrogens (tertiary/aromatic N) is 2. The van der Waals surface area contributed by atoms with Crippen LogP contribution >= 0.6 is 0 Å². The van der Waals surface area contributed by atoms with Gasteiger partial charge in [-0.1, -0.05) is 48.0 Å². The van der Waals surface area contributed by atoms with Crippen molar-refractivity contribution in [1.29, 1.82) is 0 Å². The van der Waals surface area contributed by atoms with Gasteiger partial charge in [0.05, 0.1) is 18.5 Å². The fraction of sp³-hybridized carbons (Fsp3) is 0.125. The summed E-state index contributed by atoms with van der Waals surface area (Å²) in [4.78, 5) is 0. The molecule has 1 heterocycles. The highest BCUT2D eigenvalue weighted by atomic mass is 16.5. The summed E-state index contributed by atoms with van der Waals surface area (Å²) < 4.78 is 7.17. The molecule has 0 aliphatic rings. The van der Waals surface area contributed by atoms with E-state index in [4.69, 9.17) is 9.84 Å². The molecule has 0 atom stereocenters. The third kappa shape index (κ3) is 3.91. The number of hydrogen-bond donors (Lipinski definition) is 1. The molecule has 28 heavy (non-hydrogen) atoms. The van der Waals surface area contributed by atoms with Gasteiger partial charge in [0.25, 0.3) is 0 Å². The van der Waals surface area contributed by atoms with Crippen LogP contribution in [0.5, 0.6) is 5.75 Å². The summed E-state index contributed by atoms with van der Waals surface area (Å²) in [5, 5.41) is 8.37. The highest BCUT2D eigenvalue weighted by Gasteiger charge is 2.12. The van der Waals surface area contributed by atoms with E-state index in [-0.39, 0.29) is 0 Å². The summed E-state index contributed by atoms with van der Waals surface area (Å²) >= 11 is 0. The molecule has 3 aromatic carbocycles. The smallest absolute Gasteiger partial charge is 0.119 e. The van der Waals surface area contributed by atoms with Gasteiger partial charge in [-0.15, -0.1) is 0 Å². The fourth-order valence-electron chi connectivity index (χ4n) is 3.11. The number of rotatable bonds is 6. The van der Waals surface area contributed by atoms with Crippen molar-refractivity contribution in [3.63, 3.8) is 0 Å². The Hall–Kier alpha value is -3.53. The Morgan fingerprint density at radius 2 is 1.61 bits per heavy atom. The van der Waals surface area contributed by atoms with E-state index in [9.17, 15) is 0 Å². The average molecular weight is 369 g/mol. The number of aromatic nitrogens is 2. The third-order valence-corrected chi connectivity index (χ3v) is 4.71. The van der Waals surface area contributed by atoms with Crippen LogP contribution in [-0.4, -0.2) is 16.9 Å². The Morgan fingerprint density at radius 1 is 0.893 bits per heavy atom. The molecule has 0 amide bonds. The first-order valence-corrected chi connectivity index (χ1v) is 9.32. The van der Waals surface area contributed by atoms with E-state index >= 15 is 0 Å². The van der Waals surface area contributed by atoms with Gasteiger partial charge in [0, 0.05) is 29.6 Å². The molecule has 0 unspecified atom stereocenters. The van der Waals surface area contributed by atoms with Crippen molar-refractivity contribution in [2.24, 2.45) is 0 Å². The Balaban J connectivity index is 1.65. The van der Waals surface area contributed by atoms with Crippen LogP contribution in [0.4, 0.5) is 5.69 Å². The number of hydrogen-bond acceptors (Lipinski definition) is 3. The van der Waals surface area contributed by atoms with Gasteiger partial charge in [0.1, 0.15) is 5.75 Å². The number of benzene rings is 3. The number of aryl methyl sites for hydroxylation is 1. The van der Waals surface area contributed by atoms with Crippen LogP contribution in [0.15, 0.2) is 85.1 Å². The molecule has 4 nitrogen and oxygen atoms in total. The lowest BCUT2D eigenvalue weighted by Gasteiger charge is -2.08. The van der Waals surface area contributed by atoms with E-state index in [1.807, 2.05) is 47.1 Å². The molecule has 0 saturated carbocycles. The quantitative estimate of drug-likeness (QED) is 0.490. The molecule has 0 aliphatic carbocycles. The normalized spacial score (nSPS) is 10.6. The number of para-hydroxylation sites is 1. The van der Waals surface area contributed by atoms with Crippen LogP contribution in [0.3, 0.4) is 0 Å². The Bertz CT molecular complexity index is 1040. The maximum Gasteiger partial charge on any atom is 0.119 e. The molecule has 4 heteroatoms. The zero-order chi connectivity index (χ0) is 19.3. The van der Waals surface area contributed by atoms with E-state index in [2.05, 4.69) is 54.8 Å². The summed E-state index contributed by atoms with van der Waals surface area (Å²) in [7, 11) is 1.67. The molecule has 0 radical (unpaired) electrons. The van der Waals surface area contributed by atoms with Gasteiger partial charge in [-0.05, 0) is 43.3 Å². The topological polar surface area (TPSA) is 39.1 Å². The first kappa shape index (κ1) is 17.9. The monoisotopic (exact) mass is 369 g/mol. The number of nitrogens with one attached hydrogen (secondary N) is 1. The van der Waals surface area contributed by atoms with Crippen LogP contribution in [0, 0.1) is 6.92 Å². The number of ether oxygens (including phenoxy) is 1. The van der Waals surface area contributed by atoms with Gasteiger partial charge in [0.2, 0.25) is 0 Å². The highest BCUT2D eigenvalue weighted by Crippen LogP contribution is 2.25. The standard InChI is InChI=1S/C24H23N3O/c1-18-8-10-19(11-9-18)24-20(16-25-21-12-14-23(28-2)15-13-21)17-27(26-24)22-6-4-3-5-7-22/h3-15,17,25H,16H2,1-2H3. The first-order chi connectivity index (χ1) is 13.7. The second-order valence-corrected chi connectivity index (χ2v) is 6.73. The van der Waals surface area contributed by atoms with E-state index < -0.39 is 0 Å². The van der Waals surface area contributed by atoms with Gasteiger partial charge in [-0.2, -0.15) is 5.10 Å². The molecule has 1 N–H and O–H groups in total. The molecule has 4 aromatic rings. The molecule has 140 valence electrons. The number of methoxy groups -OCH3 is 1. The summed E-state index contributed by atoms with van der Waals surface area (Å²) in [5.41, 5.74) is 6.58. The van der Waals surface area contributed by atoms with Gasteiger partial charge < -0.3 is 10.1 Å². The Labute approximate surface area is 165 Å². The lowest BCUT2D eigenvalue weighted by Crippen LogP contribution is -2.00. The number of anilines is 1. The van der Waals surface area contributed by atoms with Gasteiger partial charge in [0.15, 0.2) is 0 Å². The zero-order valence-electron chi connectivity index (χ0n) is 16.1. The lowest BCUT2D eigenvalue weighted by molar-refractivity contribution is 0.415. The SMILES string of the molecule is COc1ccc(NCc2cn(-c3ccccc3)nc2-c2ccc(C)cc2)cc1. The van der Waals surface area contributed by atoms with Crippen LogP contribution in [-0.2, 0) is 6.54 Å². The first-order valence-electron chi connectivity index (χ1n) is 9.32. The second kappa shape index (κ2) is 8.01. The second-order valence-electron chi connectivity index (χ2n) is 6.73. The summed E-state index contributed by atoms with van der Waals surface area (Å²) in [6.45, 7) is 2.78. The fourth-order valence-corrected chi connectivity index (χ4v) is 3.11. The summed E-state index contributed by atoms with van der Waals surface area (Å²) in [6.07, 6.45) is 2.10. The van der Waals surface area contributed by atoms with Crippen LogP contribution in [0.2, 0.25) is 0 Å². The maximum atomic E-state index is 5.23. The van der Waals surface area contributed by atoms with Crippen molar-refractivity contribution in [2.45, 2.75) is 13.5 Å². The van der Waals surface area contributed by atoms with Crippen molar-refractivity contribution in [2.75, 3.05) is 12.4 Å². The van der Waals surface area contributed by atoms with Crippen LogP contribution in [0.25, 0.3) is 16.9 Å². The maximum absolute atomic E-state index is 5.23. The Morgan fingerprint density at radius 3 is 2.29 bits per heavy atom. The minimum Gasteiger partial charge on any atom is -0.497 e. The third-order valence-electron chi connectivity index (χ3n) is 4.71. The summed E-state index contributed by atoms with van der Waals surface area (Å²) in [5.74, 6) is 0.850. The van der Waals surface area contributed by atoms with Crippen LogP contribution < -0.4 is 10.1 Å². The van der Waals surface area contributed by atoms with Crippen molar-refractivity contribution in [3.8, 4) is 22.7 Å². The Kier molecular flexibility index (Phi) is 5.11. The summed E-state index contributed by atoms with van der Waals surface area (Å²) in [6, 6.07) is 26.6. The minimum absolute atomic E-state index is 0.683. The van der Waals surface area contributed by atoms with Gasteiger partial charge >= 0.3 is 0 Å². The van der Waals surface area contributed by atoms with Crippen molar-refractivity contribution in [3.05, 3.63) is 96.2 Å². The van der Waals surface area contributed by atoms with E-state index in [0.29, 0.717) is 6.54 Å².